The average Bonchev–Trinajstić information content (AvgIpc) is 3.12. The molecule has 5 aliphatic rings. The molecule has 2 bridgehead atoms. The number of benzene rings is 1. The van der Waals surface area contributed by atoms with Crippen LogP contribution in [-0.2, 0) is 19.1 Å². The number of rotatable bonds is 0. The number of carbonyl (C=O) groups excluding carboxylic acids is 2. The molecule has 3 fully saturated rings. The molecule has 7 heteroatoms. The maximum absolute atomic E-state index is 13.4. The first kappa shape index (κ1) is 20.8. The third-order valence-corrected chi connectivity index (χ3v) is 7.51. The molecule has 6 rings (SSSR count). The maximum Gasteiger partial charge on any atom is 0.246 e. The zero-order chi connectivity index (χ0) is 21.4. The van der Waals surface area contributed by atoms with Crippen molar-refractivity contribution < 1.29 is 23.8 Å². The van der Waals surface area contributed by atoms with Crippen LogP contribution in [0.4, 0.5) is 0 Å². The number of ether oxygens (including phenoxy) is 3. The third kappa shape index (κ3) is 3.94. The number of morpholine rings is 1. The Bertz CT molecular complexity index is 837. The molecule has 4 aliphatic heterocycles. The molecule has 0 aromatic heterocycles. The fourth-order valence-corrected chi connectivity index (χ4v) is 5.73. The molecule has 1 spiro atoms. The van der Waals surface area contributed by atoms with Crippen LogP contribution in [0.2, 0.25) is 0 Å². The molecule has 1 aromatic carbocycles. The molecule has 1 aliphatic carbocycles. The summed E-state index contributed by atoms with van der Waals surface area (Å²) >= 11 is 0. The second-order valence-electron chi connectivity index (χ2n) is 9.55. The number of nitrogens with zero attached hydrogens (tertiary/aromatic N) is 1. The molecular weight excluding hydrogens is 396 g/mol. The molecule has 2 amide bonds. The summed E-state index contributed by atoms with van der Waals surface area (Å²) in [6, 6.07) is 8.02. The highest BCUT2D eigenvalue weighted by atomic mass is 16.5. The minimum atomic E-state index is -0.563. The number of fused-ring (bicyclic) bond motifs is 6. The smallest absolute Gasteiger partial charge is 0.246 e. The van der Waals surface area contributed by atoms with Gasteiger partial charge in [0.2, 0.25) is 11.8 Å². The van der Waals surface area contributed by atoms with E-state index in [1.165, 1.54) is 5.56 Å². The number of para-hydroxylation sites is 1. The van der Waals surface area contributed by atoms with Crippen LogP contribution in [0.3, 0.4) is 0 Å². The average molecular weight is 429 g/mol. The first-order valence-corrected chi connectivity index (χ1v) is 11.6. The molecule has 3 unspecified atom stereocenters. The van der Waals surface area contributed by atoms with E-state index < -0.39 is 5.54 Å². The van der Waals surface area contributed by atoms with Gasteiger partial charge < -0.3 is 24.4 Å². The van der Waals surface area contributed by atoms with Gasteiger partial charge in [-0.25, -0.2) is 0 Å². The Balaban J connectivity index is 1.43. The van der Waals surface area contributed by atoms with E-state index in [2.05, 4.69) is 17.4 Å². The zero-order valence-corrected chi connectivity index (χ0v) is 18.2. The van der Waals surface area contributed by atoms with Crippen LogP contribution in [-0.4, -0.2) is 67.4 Å². The Morgan fingerprint density at radius 1 is 1.10 bits per heavy atom. The SMILES string of the molecule is CC1COc2ccccc2[C@H]2CC[C@H](CC2)OCC2N(CCC23COCC(=O)N3)C1=O. The number of amides is 2. The van der Waals surface area contributed by atoms with Crippen LogP contribution >= 0.6 is 0 Å². The lowest BCUT2D eigenvalue weighted by atomic mass is 9.82. The lowest BCUT2D eigenvalue weighted by Gasteiger charge is -2.42. The summed E-state index contributed by atoms with van der Waals surface area (Å²) in [6.07, 6.45) is 4.98. The number of carbonyl (C=O) groups is 2. The maximum atomic E-state index is 13.4. The predicted octanol–water partition coefficient (Wildman–Crippen LogP) is 2.24. The van der Waals surface area contributed by atoms with Gasteiger partial charge in [-0.1, -0.05) is 25.1 Å². The zero-order valence-electron chi connectivity index (χ0n) is 18.2. The van der Waals surface area contributed by atoms with Crippen molar-refractivity contribution in [2.45, 2.75) is 62.6 Å². The molecule has 1 N–H and O–H groups in total. The summed E-state index contributed by atoms with van der Waals surface area (Å²) in [5.41, 5.74) is 0.685. The standard InChI is InChI=1S/C24H32N2O5/c1-16-12-31-20-5-3-2-4-19(20)17-6-8-18(9-7-17)30-13-21-24(10-11-26(21)23(16)28)15-29-14-22(27)25-24/h2-5,16-18,21H,6-15H2,1H3,(H,25,27)/t16?,17-,18+,21?,24?. The van der Waals surface area contributed by atoms with Crippen LogP contribution in [0, 0.1) is 5.92 Å². The molecule has 1 aromatic rings. The molecular formula is C24H32N2O5. The normalized spacial score (nSPS) is 36.4. The summed E-state index contributed by atoms with van der Waals surface area (Å²) in [7, 11) is 0. The van der Waals surface area contributed by atoms with Crippen molar-refractivity contribution in [2.75, 3.05) is 33.0 Å². The van der Waals surface area contributed by atoms with Gasteiger partial charge in [0, 0.05) is 6.54 Å². The molecule has 4 heterocycles. The van der Waals surface area contributed by atoms with Gasteiger partial charge in [0.05, 0.1) is 43.4 Å². The van der Waals surface area contributed by atoms with Gasteiger partial charge in [-0.3, -0.25) is 9.59 Å². The molecule has 1 saturated carbocycles. The van der Waals surface area contributed by atoms with Crippen molar-refractivity contribution in [2.24, 2.45) is 5.92 Å². The molecule has 0 radical (unpaired) electrons. The minimum absolute atomic E-state index is 0.0463. The van der Waals surface area contributed by atoms with Gasteiger partial charge in [0.25, 0.3) is 0 Å². The van der Waals surface area contributed by atoms with Gasteiger partial charge in [-0.05, 0) is 49.7 Å². The van der Waals surface area contributed by atoms with E-state index in [0.717, 1.165) is 31.4 Å². The van der Waals surface area contributed by atoms with Gasteiger partial charge in [0.1, 0.15) is 12.4 Å². The molecule has 3 atom stereocenters. The van der Waals surface area contributed by atoms with Gasteiger partial charge in [-0.2, -0.15) is 0 Å². The van der Waals surface area contributed by atoms with Gasteiger partial charge in [-0.15, -0.1) is 0 Å². The molecule has 168 valence electrons. The first-order chi connectivity index (χ1) is 15.1. The fraction of sp³-hybridized carbons (Fsp3) is 0.667. The highest BCUT2D eigenvalue weighted by Crippen LogP contribution is 2.40. The number of hydrogen-bond acceptors (Lipinski definition) is 5. The lowest BCUT2D eigenvalue weighted by Crippen LogP contribution is -2.65. The quantitative estimate of drug-likeness (QED) is 0.686. The summed E-state index contributed by atoms with van der Waals surface area (Å²) in [6.45, 7) is 3.77. The van der Waals surface area contributed by atoms with E-state index in [4.69, 9.17) is 14.2 Å². The van der Waals surface area contributed by atoms with Crippen LogP contribution in [0.1, 0.15) is 50.5 Å². The van der Waals surface area contributed by atoms with E-state index in [1.54, 1.807) is 0 Å². The number of nitrogens with one attached hydrogen (secondary N) is 1. The van der Waals surface area contributed by atoms with Crippen molar-refractivity contribution in [3.05, 3.63) is 29.8 Å². The van der Waals surface area contributed by atoms with Crippen LogP contribution in [0.25, 0.3) is 0 Å². The lowest BCUT2D eigenvalue weighted by molar-refractivity contribution is -0.145. The van der Waals surface area contributed by atoms with E-state index in [9.17, 15) is 9.59 Å². The van der Waals surface area contributed by atoms with Crippen molar-refractivity contribution in [3.8, 4) is 5.75 Å². The molecule has 31 heavy (non-hydrogen) atoms. The Kier molecular flexibility index (Phi) is 5.65. The van der Waals surface area contributed by atoms with Crippen LogP contribution < -0.4 is 10.1 Å². The predicted molar refractivity (Wildman–Crippen MR) is 114 cm³/mol. The Morgan fingerprint density at radius 3 is 2.71 bits per heavy atom. The van der Waals surface area contributed by atoms with Gasteiger partial charge in [0.15, 0.2) is 0 Å². The molecule has 2 saturated heterocycles. The Hall–Kier alpha value is -2.12. The minimum Gasteiger partial charge on any atom is -0.492 e. The second-order valence-corrected chi connectivity index (χ2v) is 9.55. The summed E-state index contributed by atoms with van der Waals surface area (Å²) in [4.78, 5) is 27.5. The second kappa shape index (κ2) is 8.43. The summed E-state index contributed by atoms with van der Waals surface area (Å²) in [5, 5.41) is 3.15. The first-order valence-electron chi connectivity index (χ1n) is 11.6. The third-order valence-electron chi connectivity index (χ3n) is 7.51. The Labute approximate surface area is 183 Å². The van der Waals surface area contributed by atoms with E-state index in [0.29, 0.717) is 38.7 Å². The van der Waals surface area contributed by atoms with Crippen molar-refractivity contribution in [1.29, 1.82) is 0 Å². The highest BCUT2D eigenvalue weighted by molar-refractivity contribution is 5.81. The fourth-order valence-electron chi connectivity index (χ4n) is 5.73. The highest BCUT2D eigenvalue weighted by Gasteiger charge is 2.52. The topological polar surface area (TPSA) is 77.1 Å². The van der Waals surface area contributed by atoms with Crippen LogP contribution in [0.15, 0.2) is 24.3 Å². The number of hydrogen-bond donors (Lipinski definition) is 1. The monoisotopic (exact) mass is 428 g/mol. The van der Waals surface area contributed by atoms with Crippen molar-refractivity contribution in [3.63, 3.8) is 0 Å². The van der Waals surface area contributed by atoms with E-state index in [1.807, 2.05) is 24.0 Å². The van der Waals surface area contributed by atoms with E-state index in [-0.39, 0.29) is 36.5 Å². The summed E-state index contributed by atoms with van der Waals surface area (Å²) in [5.74, 6) is 1.00. The molecule has 7 nitrogen and oxygen atoms in total. The summed E-state index contributed by atoms with van der Waals surface area (Å²) < 4.78 is 18.2. The van der Waals surface area contributed by atoms with Crippen molar-refractivity contribution in [1.82, 2.24) is 10.2 Å². The van der Waals surface area contributed by atoms with Crippen molar-refractivity contribution >= 4 is 11.8 Å². The van der Waals surface area contributed by atoms with Gasteiger partial charge >= 0.3 is 0 Å². The Morgan fingerprint density at radius 2 is 1.90 bits per heavy atom. The largest absolute Gasteiger partial charge is 0.492 e. The van der Waals surface area contributed by atoms with Crippen LogP contribution in [0.5, 0.6) is 5.75 Å². The van der Waals surface area contributed by atoms with E-state index >= 15 is 0 Å².